The molecule has 4 rings (SSSR count). The van der Waals surface area contributed by atoms with Gasteiger partial charge in [0.2, 0.25) is 5.91 Å². The molecule has 0 aliphatic rings. The highest BCUT2D eigenvalue weighted by molar-refractivity contribution is 7.99. The summed E-state index contributed by atoms with van der Waals surface area (Å²) >= 11 is 7.36. The van der Waals surface area contributed by atoms with Crippen molar-refractivity contribution in [3.05, 3.63) is 95.8 Å². The minimum Gasteiger partial charge on any atom is -0.489 e. The summed E-state index contributed by atoms with van der Waals surface area (Å²) in [5.74, 6) is 0.806. The number of rotatable bonds is 8. The van der Waals surface area contributed by atoms with Crippen LogP contribution < -0.4 is 10.1 Å². The van der Waals surface area contributed by atoms with E-state index in [1.807, 2.05) is 72.8 Å². The maximum Gasteiger partial charge on any atom is 0.234 e. The van der Waals surface area contributed by atoms with Crippen LogP contribution in [0.4, 0.5) is 5.69 Å². The Bertz CT molecular complexity index is 1150. The molecule has 1 aromatic heterocycles. The number of anilines is 1. The first-order valence-electron chi connectivity index (χ1n) is 9.53. The second kappa shape index (κ2) is 10.1. The molecule has 1 amide bonds. The van der Waals surface area contributed by atoms with Gasteiger partial charge in [-0.25, -0.2) is 0 Å². The monoisotopic (exact) mass is 450 g/mol. The lowest BCUT2D eigenvalue weighted by Gasteiger charge is -2.09. The largest absolute Gasteiger partial charge is 0.489 e. The highest BCUT2D eigenvalue weighted by atomic mass is 35.5. The third-order valence-corrected chi connectivity index (χ3v) is 5.50. The third kappa shape index (κ3) is 5.87. The summed E-state index contributed by atoms with van der Waals surface area (Å²) in [4.78, 5) is 12.4. The van der Waals surface area contributed by atoms with Gasteiger partial charge in [0.05, 0.1) is 11.4 Å². The molecule has 0 unspecified atom stereocenters. The zero-order valence-electron chi connectivity index (χ0n) is 16.4. The summed E-state index contributed by atoms with van der Waals surface area (Å²) in [6.45, 7) is 0.497. The second-order valence-corrected chi connectivity index (χ2v) is 7.98. The van der Waals surface area contributed by atoms with Gasteiger partial charge in [0.25, 0.3) is 0 Å². The molecule has 156 valence electrons. The summed E-state index contributed by atoms with van der Waals surface area (Å²) in [6, 6.07) is 24.6. The lowest BCUT2D eigenvalue weighted by atomic mass is 10.2. The standard InChI is InChI=1S/C23H19ClN4O2S/c24-18-7-4-8-20(13-18)28-16-25-27-23(28)31-15-22(29)26-19-9-11-21(12-10-19)30-14-17-5-2-1-3-6-17/h1-13,16H,14-15H2,(H,26,29). The Balaban J connectivity index is 1.29. The van der Waals surface area contributed by atoms with Gasteiger partial charge >= 0.3 is 0 Å². The zero-order valence-corrected chi connectivity index (χ0v) is 18.0. The number of thioether (sulfide) groups is 1. The number of carbonyl (C=O) groups is 1. The minimum absolute atomic E-state index is 0.136. The van der Waals surface area contributed by atoms with Gasteiger partial charge in [-0.3, -0.25) is 9.36 Å². The molecule has 0 bridgehead atoms. The predicted octanol–water partition coefficient (Wildman–Crippen LogP) is 5.23. The van der Waals surface area contributed by atoms with E-state index in [0.29, 0.717) is 22.5 Å². The molecular formula is C23H19ClN4O2S. The highest BCUT2D eigenvalue weighted by Crippen LogP contribution is 2.22. The summed E-state index contributed by atoms with van der Waals surface area (Å²) in [6.07, 6.45) is 1.60. The number of amides is 1. The summed E-state index contributed by atoms with van der Waals surface area (Å²) in [7, 11) is 0. The molecule has 1 N–H and O–H groups in total. The molecule has 3 aromatic carbocycles. The molecule has 0 aliphatic carbocycles. The van der Waals surface area contributed by atoms with E-state index < -0.39 is 0 Å². The van der Waals surface area contributed by atoms with Crippen LogP contribution in [0.3, 0.4) is 0 Å². The van der Waals surface area contributed by atoms with E-state index in [9.17, 15) is 4.79 Å². The number of carbonyl (C=O) groups excluding carboxylic acids is 1. The zero-order chi connectivity index (χ0) is 21.5. The number of ether oxygens (including phenoxy) is 1. The first-order chi connectivity index (χ1) is 15.2. The number of nitrogens with one attached hydrogen (secondary N) is 1. The quantitative estimate of drug-likeness (QED) is 0.372. The first-order valence-corrected chi connectivity index (χ1v) is 10.9. The van der Waals surface area contributed by atoms with Crippen LogP contribution in [-0.2, 0) is 11.4 Å². The maximum absolute atomic E-state index is 12.4. The van der Waals surface area contributed by atoms with Gasteiger partial charge < -0.3 is 10.1 Å². The average molecular weight is 451 g/mol. The van der Waals surface area contributed by atoms with Crippen LogP contribution in [-0.4, -0.2) is 26.4 Å². The van der Waals surface area contributed by atoms with E-state index in [1.54, 1.807) is 17.0 Å². The van der Waals surface area contributed by atoms with Crippen LogP contribution in [0.1, 0.15) is 5.56 Å². The molecule has 0 saturated carbocycles. The lowest BCUT2D eigenvalue weighted by Crippen LogP contribution is -2.14. The normalized spacial score (nSPS) is 10.6. The van der Waals surface area contributed by atoms with E-state index in [4.69, 9.17) is 16.3 Å². The topological polar surface area (TPSA) is 69.0 Å². The molecule has 0 spiro atoms. The number of nitrogens with zero attached hydrogens (tertiary/aromatic N) is 3. The Hall–Kier alpha value is -3.29. The number of benzene rings is 3. The van der Waals surface area contributed by atoms with Gasteiger partial charge in [-0.05, 0) is 48.0 Å². The summed E-state index contributed by atoms with van der Waals surface area (Å²) in [5, 5.41) is 12.2. The molecule has 31 heavy (non-hydrogen) atoms. The van der Waals surface area contributed by atoms with E-state index in [2.05, 4.69) is 15.5 Å². The fourth-order valence-electron chi connectivity index (χ4n) is 2.83. The Morgan fingerprint density at radius 1 is 1.03 bits per heavy atom. The van der Waals surface area contributed by atoms with Crippen molar-refractivity contribution in [2.75, 3.05) is 11.1 Å². The molecule has 4 aromatic rings. The van der Waals surface area contributed by atoms with E-state index in [-0.39, 0.29) is 11.7 Å². The van der Waals surface area contributed by atoms with Gasteiger partial charge in [0.1, 0.15) is 18.7 Å². The van der Waals surface area contributed by atoms with Gasteiger partial charge in [-0.15, -0.1) is 10.2 Å². The Morgan fingerprint density at radius 2 is 1.84 bits per heavy atom. The summed E-state index contributed by atoms with van der Waals surface area (Å²) in [5.41, 5.74) is 2.64. The smallest absolute Gasteiger partial charge is 0.234 e. The van der Waals surface area contributed by atoms with E-state index in [1.165, 1.54) is 11.8 Å². The van der Waals surface area contributed by atoms with Crippen LogP contribution in [0.25, 0.3) is 5.69 Å². The van der Waals surface area contributed by atoms with Crippen molar-refractivity contribution in [2.45, 2.75) is 11.8 Å². The number of hydrogen-bond acceptors (Lipinski definition) is 5. The molecule has 0 fully saturated rings. The van der Waals surface area contributed by atoms with Crippen molar-refractivity contribution in [3.63, 3.8) is 0 Å². The maximum atomic E-state index is 12.4. The molecule has 0 radical (unpaired) electrons. The number of aromatic nitrogens is 3. The van der Waals surface area contributed by atoms with Crippen molar-refractivity contribution in [1.29, 1.82) is 0 Å². The van der Waals surface area contributed by atoms with Gasteiger partial charge in [-0.2, -0.15) is 0 Å². The molecule has 8 heteroatoms. The van der Waals surface area contributed by atoms with Crippen molar-refractivity contribution in [3.8, 4) is 11.4 Å². The van der Waals surface area contributed by atoms with Crippen molar-refractivity contribution in [1.82, 2.24) is 14.8 Å². The number of halogens is 1. The lowest BCUT2D eigenvalue weighted by molar-refractivity contribution is -0.113. The van der Waals surface area contributed by atoms with Crippen molar-refractivity contribution >= 4 is 35.0 Å². The van der Waals surface area contributed by atoms with Crippen LogP contribution in [0.2, 0.25) is 5.02 Å². The molecule has 1 heterocycles. The van der Waals surface area contributed by atoms with Crippen LogP contribution >= 0.6 is 23.4 Å². The van der Waals surface area contributed by atoms with Crippen LogP contribution in [0, 0.1) is 0 Å². The van der Waals surface area contributed by atoms with E-state index >= 15 is 0 Å². The van der Waals surface area contributed by atoms with Crippen molar-refractivity contribution < 1.29 is 9.53 Å². The minimum atomic E-state index is -0.136. The Morgan fingerprint density at radius 3 is 2.61 bits per heavy atom. The van der Waals surface area contributed by atoms with Gasteiger partial charge in [0, 0.05) is 10.7 Å². The second-order valence-electron chi connectivity index (χ2n) is 6.60. The van der Waals surface area contributed by atoms with Crippen LogP contribution in [0.15, 0.2) is 90.3 Å². The highest BCUT2D eigenvalue weighted by Gasteiger charge is 2.11. The van der Waals surface area contributed by atoms with Gasteiger partial charge in [-0.1, -0.05) is 59.8 Å². The SMILES string of the molecule is O=C(CSc1nncn1-c1cccc(Cl)c1)Nc1ccc(OCc2ccccc2)cc1. The predicted molar refractivity (Wildman–Crippen MR) is 123 cm³/mol. The molecular weight excluding hydrogens is 432 g/mol. The Labute approximate surface area is 189 Å². The average Bonchev–Trinajstić information content (AvgIpc) is 3.27. The van der Waals surface area contributed by atoms with Crippen molar-refractivity contribution in [2.24, 2.45) is 0 Å². The molecule has 0 saturated heterocycles. The number of hydrogen-bond donors (Lipinski definition) is 1. The van der Waals surface area contributed by atoms with Crippen LogP contribution in [0.5, 0.6) is 5.75 Å². The van der Waals surface area contributed by atoms with E-state index in [0.717, 1.165) is 17.0 Å². The third-order valence-electron chi connectivity index (χ3n) is 4.32. The van der Waals surface area contributed by atoms with Gasteiger partial charge in [0.15, 0.2) is 5.16 Å². The molecule has 6 nitrogen and oxygen atoms in total. The molecule has 0 aliphatic heterocycles. The Kier molecular flexibility index (Phi) is 6.86. The summed E-state index contributed by atoms with van der Waals surface area (Å²) < 4.78 is 7.56. The fraction of sp³-hybridized carbons (Fsp3) is 0.0870. The first kappa shape index (κ1) is 21.0. The molecule has 0 atom stereocenters. The fourth-order valence-corrected chi connectivity index (χ4v) is 3.74.